The number of carboxylic acid groups (broad SMARTS) is 1. The van der Waals surface area contributed by atoms with Crippen LogP contribution < -0.4 is 4.72 Å². The first-order valence-electron chi connectivity index (χ1n) is 7.27. The Hall–Kier alpha value is -1.44. The highest BCUT2D eigenvalue weighted by Gasteiger charge is 2.37. The fourth-order valence-electron chi connectivity index (χ4n) is 2.92. The van der Waals surface area contributed by atoms with Crippen LogP contribution in [0.3, 0.4) is 0 Å². The molecule has 1 aromatic rings. The number of benzene rings is 1. The first-order valence-corrected chi connectivity index (χ1v) is 8.76. The predicted octanol–water partition coefficient (Wildman–Crippen LogP) is 1.54. The molecular weight excluding hydrogens is 304 g/mol. The molecule has 0 heterocycles. The normalized spacial score (nSPS) is 17.8. The minimum Gasteiger partial charge on any atom is -0.478 e. The molecule has 1 fully saturated rings. The molecule has 1 aliphatic rings. The molecule has 7 heteroatoms. The quantitative estimate of drug-likeness (QED) is 0.828. The van der Waals surface area contributed by atoms with Crippen LogP contribution in [0.2, 0.25) is 0 Å². The smallest absolute Gasteiger partial charge is 0.335 e. The molecule has 122 valence electrons. The number of carboxylic acids is 1. The average Bonchev–Trinajstić information content (AvgIpc) is 2.96. The summed E-state index contributed by atoms with van der Waals surface area (Å²) < 4.78 is 27.5. The van der Waals surface area contributed by atoms with E-state index in [1.807, 2.05) is 14.1 Å². The van der Waals surface area contributed by atoms with Crippen LogP contribution in [-0.4, -0.2) is 50.6 Å². The lowest BCUT2D eigenvalue weighted by Crippen LogP contribution is -2.50. The third-order valence-electron chi connectivity index (χ3n) is 4.47. The second-order valence-electron chi connectivity index (χ2n) is 5.98. The van der Waals surface area contributed by atoms with Crippen molar-refractivity contribution in [2.24, 2.45) is 0 Å². The van der Waals surface area contributed by atoms with Gasteiger partial charge in [0.15, 0.2) is 0 Å². The van der Waals surface area contributed by atoms with Gasteiger partial charge in [-0.2, -0.15) is 0 Å². The molecule has 0 saturated heterocycles. The molecule has 1 aromatic carbocycles. The van der Waals surface area contributed by atoms with E-state index in [1.54, 1.807) is 0 Å². The minimum atomic E-state index is -3.72. The molecule has 2 rings (SSSR count). The van der Waals surface area contributed by atoms with E-state index in [9.17, 15) is 13.2 Å². The van der Waals surface area contributed by atoms with Crippen molar-refractivity contribution < 1.29 is 18.3 Å². The van der Waals surface area contributed by atoms with Crippen molar-refractivity contribution in [3.63, 3.8) is 0 Å². The van der Waals surface area contributed by atoms with Crippen molar-refractivity contribution >= 4 is 16.0 Å². The van der Waals surface area contributed by atoms with Gasteiger partial charge in [0.1, 0.15) is 0 Å². The van der Waals surface area contributed by atoms with E-state index in [0.717, 1.165) is 25.7 Å². The van der Waals surface area contributed by atoms with Crippen LogP contribution in [0.1, 0.15) is 36.0 Å². The molecule has 2 N–H and O–H groups in total. The summed E-state index contributed by atoms with van der Waals surface area (Å²) in [5.74, 6) is -1.14. The van der Waals surface area contributed by atoms with Crippen LogP contribution in [0.4, 0.5) is 0 Å². The number of sulfonamides is 1. The number of carbonyl (C=O) groups is 1. The zero-order valence-electron chi connectivity index (χ0n) is 12.9. The average molecular weight is 326 g/mol. The summed E-state index contributed by atoms with van der Waals surface area (Å²) in [5.41, 5.74) is -0.191. The van der Waals surface area contributed by atoms with Gasteiger partial charge in [0.2, 0.25) is 10.0 Å². The number of hydrogen-bond acceptors (Lipinski definition) is 4. The van der Waals surface area contributed by atoms with Crippen LogP contribution in [0.15, 0.2) is 29.2 Å². The Morgan fingerprint density at radius 2 is 1.95 bits per heavy atom. The van der Waals surface area contributed by atoms with Gasteiger partial charge in [0.05, 0.1) is 10.5 Å². The second-order valence-corrected chi connectivity index (χ2v) is 7.75. The van der Waals surface area contributed by atoms with Crippen LogP contribution in [-0.2, 0) is 10.0 Å². The van der Waals surface area contributed by atoms with Gasteiger partial charge in [-0.15, -0.1) is 0 Å². The largest absolute Gasteiger partial charge is 0.478 e. The fourth-order valence-corrected chi connectivity index (χ4v) is 4.09. The highest BCUT2D eigenvalue weighted by atomic mass is 32.2. The van der Waals surface area contributed by atoms with Gasteiger partial charge in [0, 0.05) is 12.1 Å². The monoisotopic (exact) mass is 326 g/mol. The number of aromatic carboxylic acids is 1. The molecule has 0 aromatic heterocycles. The van der Waals surface area contributed by atoms with E-state index >= 15 is 0 Å². The highest BCUT2D eigenvalue weighted by molar-refractivity contribution is 7.89. The zero-order valence-corrected chi connectivity index (χ0v) is 13.7. The number of rotatable bonds is 6. The molecular formula is C15H22N2O4S. The molecule has 0 radical (unpaired) electrons. The first-order chi connectivity index (χ1) is 10.3. The van der Waals surface area contributed by atoms with Crippen molar-refractivity contribution in [2.45, 2.75) is 36.1 Å². The Morgan fingerprint density at radius 1 is 1.32 bits per heavy atom. The van der Waals surface area contributed by atoms with E-state index in [4.69, 9.17) is 5.11 Å². The molecule has 1 saturated carbocycles. The van der Waals surface area contributed by atoms with Crippen LogP contribution >= 0.6 is 0 Å². The Balaban J connectivity index is 2.17. The topological polar surface area (TPSA) is 86.7 Å². The summed E-state index contributed by atoms with van der Waals surface area (Å²) in [6.07, 6.45) is 4.10. The molecule has 22 heavy (non-hydrogen) atoms. The predicted molar refractivity (Wildman–Crippen MR) is 83.5 cm³/mol. The lowest BCUT2D eigenvalue weighted by Gasteiger charge is -2.36. The SMILES string of the molecule is CN(C)C1(CNS(=O)(=O)c2cccc(C(=O)O)c2)CCCC1. The summed E-state index contributed by atoms with van der Waals surface area (Å²) in [5, 5.41) is 8.97. The maximum Gasteiger partial charge on any atom is 0.335 e. The van der Waals surface area contributed by atoms with Crippen molar-refractivity contribution in [3.8, 4) is 0 Å². The second kappa shape index (κ2) is 6.36. The number of nitrogens with one attached hydrogen (secondary N) is 1. The van der Waals surface area contributed by atoms with Crippen molar-refractivity contribution in [1.82, 2.24) is 9.62 Å². The number of likely N-dealkylation sites (N-methyl/N-ethyl adjacent to an activating group) is 1. The Kier molecular flexibility index (Phi) is 4.89. The summed E-state index contributed by atoms with van der Waals surface area (Å²) in [4.78, 5) is 13.0. The Bertz CT molecular complexity index is 649. The lowest BCUT2D eigenvalue weighted by atomic mass is 9.97. The van der Waals surface area contributed by atoms with Gasteiger partial charge in [-0.1, -0.05) is 18.9 Å². The Labute approximate surface area is 131 Å². The fraction of sp³-hybridized carbons (Fsp3) is 0.533. The van der Waals surface area contributed by atoms with Gasteiger partial charge in [-0.05, 0) is 45.1 Å². The summed E-state index contributed by atoms with van der Waals surface area (Å²) in [7, 11) is 0.211. The summed E-state index contributed by atoms with van der Waals surface area (Å²) in [6, 6.07) is 5.41. The summed E-state index contributed by atoms with van der Waals surface area (Å²) in [6.45, 7) is 0.333. The van der Waals surface area contributed by atoms with Gasteiger partial charge in [0.25, 0.3) is 0 Å². The molecule has 1 aliphatic carbocycles. The lowest BCUT2D eigenvalue weighted by molar-refractivity contribution is 0.0696. The minimum absolute atomic E-state index is 0.0145. The molecule has 0 aliphatic heterocycles. The van der Waals surface area contributed by atoms with Gasteiger partial charge in [-0.3, -0.25) is 0 Å². The molecule has 0 spiro atoms. The van der Waals surface area contributed by atoms with Gasteiger partial charge >= 0.3 is 5.97 Å². The maximum atomic E-state index is 12.4. The Morgan fingerprint density at radius 3 is 2.50 bits per heavy atom. The third kappa shape index (κ3) is 3.48. The molecule has 0 amide bonds. The standard InChI is InChI=1S/C15H22N2O4S/c1-17(2)15(8-3-4-9-15)11-16-22(20,21)13-7-5-6-12(10-13)14(18)19/h5-7,10,16H,3-4,8-9,11H2,1-2H3,(H,18,19). The zero-order chi connectivity index (χ0) is 16.4. The maximum absolute atomic E-state index is 12.4. The first kappa shape index (κ1) is 16.9. The third-order valence-corrected chi connectivity index (χ3v) is 5.86. The molecule has 6 nitrogen and oxygen atoms in total. The molecule has 0 bridgehead atoms. The van der Waals surface area contributed by atoms with Crippen molar-refractivity contribution in [1.29, 1.82) is 0 Å². The van der Waals surface area contributed by atoms with E-state index < -0.39 is 16.0 Å². The van der Waals surface area contributed by atoms with E-state index in [2.05, 4.69) is 9.62 Å². The molecule has 0 unspecified atom stereocenters. The summed E-state index contributed by atoms with van der Waals surface area (Å²) >= 11 is 0. The van der Waals surface area contributed by atoms with Crippen LogP contribution in [0.25, 0.3) is 0 Å². The van der Waals surface area contributed by atoms with Crippen molar-refractivity contribution in [2.75, 3.05) is 20.6 Å². The van der Waals surface area contributed by atoms with Gasteiger partial charge in [-0.25, -0.2) is 17.9 Å². The van der Waals surface area contributed by atoms with E-state index in [0.29, 0.717) is 6.54 Å². The van der Waals surface area contributed by atoms with Crippen molar-refractivity contribution in [3.05, 3.63) is 29.8 Å². The van der Waals surface area contributed by atoms with Gasteiger partial charge < -0.3 is 10.0 Å². The number of hydrogen-bond donors (Lipinski definition) is 2. The van der Waals surface area contributed by atoms with Crippen LogP contribution in [0.5, 0.6) is 0 Å². The van der Waals surface area contributed by atoms with Crippen LogP contribution in [0, 0.1) is 0 Å². The van der Waals surface area contributed by atoms with E-state index in [1.165, 1.54) is 24.3 Å². The number of nitrogens with zero attached hydrogens (tertiary/aromatic N) is 1. The molecule has 0 atom stereocenters. The highest BCUT2D eigenvalue weighted by Crippen LogP contribution is 2.33. The van der Waals surface area contributed by atoms with E-state index in [-0.39, 0.29) is 16.0 Å².